The van der Waals surface area contributed by atoms with Gasteiger partial charge in [0.1, 0.15) is 17.5 Å². The number of hydrogen-bond donors (Lipinski definition) is 1. The van der Waals surface area contributed by atoms with E-state index in [0.717, 1.165) is 12.8 Å². The molecule has 0 heterocycles. The van der Waals surface area contributed by atoms with E-state index in [9.17, 15) is 13.2 Å². The highest BCUT2D eigenvalue weighted by Crippen LogP contribution is 2.23. The smallest absolute Gasteiger partial charge is 0.133 e. The van der Waals surface area contributed by atoms with E-state index >= 15 is 0 Å². The van der Waals surface area contributed by atoms with E-state index in [4.69, 9.17) is 5.73 Å². The Hall–Kier alpha value is -1.03. The number of unbranched alkanes of at least 4 members (excludes halogenated alkanes) is 1. The summed E-state index contributed by atoms with van der Waals surface area (Å²) in [5, 5.41) is 0. The first-order valence-corrected chi connectivity index (χ1v) is 4.96. The lowest BCUT2D eigenvalue weighted by Gasteiger charge is -2.13. The summed E-state index contributed by atoms with van der Waals surface area (Å²) >= 11 is 0. The first kappa shape index (κ1) is 12.0. The SMILES string of the molecule is CCCC[C@H](N)c1c(F)cc(F)cc1F. The second kappa shape index (κ2) is 5.16. The fraction of sp³-hybridized carbons (Fsp3) is 0.455. The molecule has 15 heavy (non-hydrogen) atoms. The van der Waals surface area contributed by atoms with Gasteiger partial charge in [0, 0.05) is 23.7 Å². The van der Waals surface area contributed by atoms with Crippen molar-refractivity contribution in [3.8, 4) is 0 Å². The molecule has 1 aromatic rings. The molecule has 0 amide bonds. The molecule has 0 aliphatic rings. The number of benzene rings is 1. The zero-order valence-electron chi connectivity index (χ0n) is 8.56. The lowest BCUT2D eigenvalue weighted by Crippen LogP contribution is -2.14. The highest BCUT2D eigenvalue weighted by molar-refractivity contribution is 5.23. The predicted octanol–water partition coefficient (Wildman–Crippen LogP) is 3.29. The predicted molar refractivity (Wildman–Crippen MR) is 52.8 cm³/mol. The third kappa shape index (κ3) is 2.96. The Balaban J connectivity index is 2.92. The van der Waals surface area contributed by atoms with E-state index in [1.165, 1.54) is 0 Å². The van der Waals surface area contributed by atoms with Crippen molar-refractivity contribution in [1.82, 2.24) is 0 Å². The van der Waals surface area contributed by atoms with Gasteiger partial charge in [-0.05, 0) is 6.42 Å². The van der Waals surface area contributed by atoms with E-state index in [-0.39, 0.29) is 5.56 Å². The van der Waals surface area contributed by atoms with Gasteiger partial charge in [-0.2, -0.15) is 0 Å². The van der Waals surface area contributed by atoms with Crippen LogP contribution >= 0.6 is 0 Å². The van der Waals surface area contributed by atoms with Gasteiger partial charge in [-0.3, -0.25) is 0 Å². The van der Waals surface area contributed by atoms with E-state index in [1.54, 1.807) is 0 Å². The summed E-state index contributed by atoms with van der Waals surface area (Å²) in [4.78, 5) is 0. The topological polar surface area (TPSA) is 26.0 Å². The molecule has 4 heteroatoms. The Morgan fingerprint density at radius 2 is 1.73 bits per heavy atom. The molecule has 0 saturated carbocycles. The van der Waals surface area contributed by atoms with Gasteiger partial charge in [-0.15, -0.1) is 0 Å². The largest absolute Gasteiger partial charge is 0.324 e. The van der Waals surface area contributed by atoms with Gasteiger partial charge in [0.15, 0.2) is 0 Å². The van der Waals surface area contributed by atoms with Gasteiger partial charge in [-0.1, -0.05) is 19.8 Å². The van der Waals surface area contributed by atoms with Gasteiger partial charge >= 0.3 is 0 Å². The molecular formula is C11H14F3N. The quantitative estimate of drug-likeness (QED) is 0.822. The monoisotopic (exact) mass is 217 g/mol. The first-order valence-electron chi connectivity index (χ1n) is 4.96. The molecule has 2 N–H and O–H groups in total. The number of halogens is 3. The molecule has 0 aliphatic heterocycles. The zero-order valence-corrected chi connectivity index (χ0v) is 8.56. The number of nitrogens with two attached hydrogens (primary N) is 1. The maximum atomic E-state index is 13.2. The summed E-state index contributed by atoms with van der Waals surface area (Å²) in [6.45, 7) is 1.96. The van der Waals surface area contributed by atoms with Crippen LogP contribution in [-0.4, -0.2) is 0 Å². The van der Waals surface area contributed by atoms with Gasteiger partial charge in [0.05, 0.1) is 0 Å². The highest BCUT2D eigenvalue weighted by Gasteiger charge is 2.17. The Kier molecular flexibility index (Phi) is 4.15. The molecule has 1 atom stereocenters. The van der Waals surface area contributed by atoms with E-state index < -0.39 is 23.5 Å². The molecule has 0 aromatic heterocycles. The highest BCUT2D eigenvalue weighted by atomic mass is 19.1. The third-order valence-corrected chi connectivity index (χ3v) is 2.28. The van der Waals surface area contributed by atoms with E-state index in [2.05, 4.69) is 0 Å². The van der Waals surface area contributed by atoms with Gasteiger partial charge in [0.2, 0.25) is 0 Å². The maximum absolute atomic E-state index is 13.2. The van der Waals surface area contributed by atoms with Crippen LogP contribution in [0.2, 0.25) is 0 Å². The second-order valence-corrected chi connectivity index (χ2v) is 3.53. The minimum absolute atomic E-state index is 0.218. The Bertz CT molecular complexity index is 316. The van der Waals surface area contributed by atoms with Crippen molar-refractivity contribution in [2.45, 2.75) is 32.2 Å². The fourth-order valence-electron chi connectivity index (χ4n) is 1.48. The molecular weight excluding hydrogens is 203 g/mol. The van der Waals surface area contributed by atoms with Crippen molar-refractivity contribution in [3.63, 3.8) is 0 Å². The van der Waals surface area contributed by atoms with Crippen LogP contribution in [0.25, 0.3) is 0 Å². The third-order valence-electron chi connectivity index (χ3n) is 2.28. The maximum Gasteiger partial charge on any atom is 0.133 e. The molecule has 1 nitrogen and oxygen atoms in total. The van der Waals surface area contributed by atoms with Crippen LogP contribution in [0.15, 0.2) is 12.1 Å². The van der Waals surface area contributed by atoms with Gasteiger partial charge in [-0.25, -0.2) is 13.2 Å². The number of rotatable bonds is 4. The summed E-state index contributed by atoms with van der Waals surface area (Å²) in [6.07, 6.45) is 2.19. The van der Waals surface area contributed by atoms with E-state index in [1.807, 2.05) is 6.92 Å². The molecule has 0 saturated heterocycles. The van der Waals surface area contributed by atoms with Crippen LogP contribution < -0.4 is 5.73 Å². The minimum atomic E-state index is -0.920. The van der Waals surface area contributed by atoms with Crippen LogP contribution in [0.3, 0.4) is 0 Å². The lowest BCUT2D eigenvalue weighted by molar-refractivity contribution is 0.486. The van der Waals surface area contributed by atoms with Crippen molar-refractivity contribution in [2.75, 3.05) is 0 Å². The fourth-order valence-corrected chi connectivity index (χ4v) is 1.48. The van der Waals surface area contributed by atoms with Crippen LogP contribution in [0.4, 0.5) is 13.2 Å². The molecule has 1 rings (SSSR count). The van der Waals surface area contributed by atoms with E-state index in [0.29, 0.717) is 18.6 Å². The van der Waals surface area contributed by atoms with Crippen LogP contribution in [0.1, 0.15) is 37.8 Å². The zero-order chi connectivity index (χ0) is 11.4. The molecule has 0 unspecified atom stereocenters. The standard InChI is InChI=1S/C11H14F3N/c1-2-3-4-10(15)11-8(13)5-7(12)6-9(11)14/h5-6,10H,2-4,15H2,1H3/t10-/m0/s1. The van der Waals surface area contributed by atoms with Crippen molar-refractivity contribution in [3.05, 3.63) is 35.1 Å². The average molecular weight is 217 g/mol. The molecule has 84 valence electrons. The summed E-state index contributed by atoms with van der Waals surface area (Å²) in [6, 6.07) is 0.611. The van der Waals surface area contributed by atoms with Crippen molar-refractivity contribution >= 4 is 0 Å². The Labute approximate surface area is 87.1 Å². The summed E-state index contributed by atoms with van der Waals surface area (Å²) < 4.78 is 39.1. The molecule has 0 aliphatic carbocycles. The van der Waals surface area contributed by atoms with Crippen LogP contribution in [-0.2, 0) is 0 Å². The summed E-state index contributed by atoms with van der Waals surface area (Å²) in [7, 11) is 0. The minimum Gasteiger partial charge on any atom is -0.324 e. The Morgan fingerprint density at radius 1 is 1.20 bits per heavy atom. The van der Waals surface area contributed by atoms with Crippen LogP contribution in [0.5, 0.6) is 0 Å². The Morgan fingerprint density at radius 3 is 2.20 bits per heavy atom. The van der Waals surface area contributed by atoms with Crippen molar-refractivity contribution in [1.29, 1.82) is 0 Å². The van der Waals surface area contributed by atoms with Gasteiger partial charge < -0.3 is 5.73 Å². The van der Waals surface area contributed by atoms with Gasteiger partial charge in [0.25, 0.3) is 0 Å². The molecule has 0 bridgehead atoms. The first-order chi connectivity index (χ1) is 7.06. The molecule has 0 radical (unpaired) electrons. The lowest BCUT2D eigenvalue weighted by atomic mass is 10.0. The summed E-state index contributed by atoms with van der Waals surface area (Å²) in [5.41, 5.74) is 5.41. The van der Waals surface area contributed by atoms with Crippen molar-refractivity contribution < 1.29 is 13.2 Å². The average Bonchev–Trinajstić information content (AvgIpc) is 2.12. The number of hydrogen-bond acceptors (Lipinski definition) is 1. The van der Waals surface area contributed by atoms with Crippen LogP contribution in [0, 0.1) is 17.5 Å². The molecule has 0 spiro atoms. The molecule has 1 aromatic carbocycles. The second-order valence-electron chi connectivity index (χ2n) is 3.53. The van der Waals surface area contributed by atoms with Crippen molar-refractivity contribution in [2.24, 2.45) is 5.73 Å². The normalized spacial score (nSPS) is 12.9. The molecule has 0 fully saturated rings. The summed E-state index contributed by atoms with van der Waals surface area (Å²) in [5.74, 6) is -2.73.